The molecule has 2 aromatic rings. The van der Waals surface area contributed by atoms with Crippen molar-refractivity contribution in [3.8, 4) is 0 Å². The van der Waals surface area contributed by atoms with Crippen LogP contribution in [0.15, 0.2) is 21.9 Å². The van der Waals surface area contributed by atoms with Crippen LogP contribution in [-0.4, -0.2) is 20.4 Å². The summed E-state index contributed by atoms with van der Waals surface area (Å²) in [6, 6.07) is 1.44. The number of nitrogens with one attached hydrogen (secondary N) is 2. The van der Waals surface area contributed by atoms with E-state index in [9.17, 15) is 9.59 Å². The van der Waals surface area contributed by atoms with Crippen molar-refractivity contribution in [2.75, 3.05) is 0 Å². The van der Waals surface area contributed by atoms with Crippen LogP contribution in [0.2, 0.25) is 0 Å². The summed E-state index contributed by atoms with van der Waals surface area (Å²) in [6.45, 7) is 0. The van der Waals surface area contributed by atoms with E-state index in [1.54, 1.807) is 0 Å². The van der Waals surface area contributed by atoms with Crippen LogP contribution >= 0.6 is 0 Å². The highest BCUT2D eigenvalue weighted by molar-refractivity contribution is 5.74. The van der Waals surface area contributed by atoms with Gasteiger partial charge < -0.3 is 0 Å². The topological polar surface area (TPSA) is 91.5 Å². The van der Waals surface area contributed by atoms with Crippen LogP contribution in [0, 0.1) is 0 Å². The molecule has 2 rings (SSSR count). The van der Waals surface area contributed by atoms with Gasteiger partial charge >= 0.3 is 0 Å². The molecule has 0 bridgehead atoms. The molecule has 6 heteroatoms. The Kier molecular flexibility index (Phi) is 1.26. The van der Waals surface area contributed by atoms with E-state index in [2.05, 4.69) is 20.4 Å². The molecular weight excluding hydrogens is 160 g/mol. The van der Waals surface area contributed by atoms with E-state index < -0.39 is 5.56 Å². The number of rotatable bonds is 0. The van der Waals surface area contributed by atoms with E-state index in [4.69, 9.17) is 0 Å². The fourth-order valence-corrected chi connectivity index (χ4v) is 0.923. The molecule has 0 radical (unpaired) electrons. The first-order valence-electron chi connectivity index (χ1n) is 3.21. The second-order valence-corrected chi connectivity index (χ2v) is 2.20. The van der Waals surface area contributed by atoms with Crippen LogP contribution in [0.25, 0.3) is 10.9 Å². The first-order chi connectivity index (χ1) is 5.79. The highest BCUT2D eigenvalue weighted by Crippen LogP contribution is 1.93. The lowest BCUT2D eigenvalue weighted by atomic mass is 10.3. The lowest BCUT2D eigenvalue weighted by molar-refractivity contribution is 0.952. The Morgan fingerprint density at radius 1 is 1.17 bits per heavy atom. The lowest BCUT2D eigenvalue weighted by Gasteiger charge is -1.90. The molecule has 0 unspecified atom stereocenters. The summed E-state index contributed by atoms with van der Waals surface area (Å²) in [7, 11) is 0. The number of H-pyrrole nitrogens is 2. The Bertz CT molecular complexity index is 478. The largest absolute Gasteiger partial charge is 0.291 e. The summed E-state index contributed by atoms with van der Waals surface area (Å²) >= 11 is 0. The van der Waals surface area contributed by atoms with Gasteiger partial charge in [-0.15, -0.1) is 5.10 Å². The molecule has 0 saturated heterocycles. The van der Waals surface area contributed by atoms with Crippen LogP contribution < -0.4 is 11.1 Å². The fourth-order valence-electron chi connectivity index (χ4n) is 0.923. The first kappa shape index (κ1) is 6.71. The minimum atomic E-state index is -0.447. The van der Waals surface area contributed by atoms with Crippen molar-refractivity contribution in [1.82, 2.24) is 20.4 Å². The standard InChI is InChI=1S/C6H4N4O2/c11-5-3-1-2-7-8-4(3)6(12)10-9-5/h1-2H,(H,9,11)(H,10,12). The Morgan fingerprint density at radius 3 is 2.67 bits per heavy atom. The van der Waals surface area contributed by atoms with E-state index in [1.165, 1.54) is 12.3 Å². The fraction of sp³-hybridized carbons (Fsp3) is 0. The van der Waals surface area contributed by atoms with Gasteiger partial charge in [-0.05, 0) is 6.07 Å². The number of fused-ring (bicyclic) bond motifs is 1. The van der Waals surface area contributed by atoms with Crippen LogP contribution in [0.1, 0.15) is 0 Å². The summed E-state index contributed by atoms with van der Waals surface area (Å²) in [6.07, 6.45) is 1.36. The Morgan fingerprint density at radius 2 is 1.92 bits per heavy atom. The summed E-state index contributed by atoms with van der Waals surface area (Å²) in [5.41, 5.74) is -0.765. The highest BCUT2D eigenvalue weighted by Gasteiger charge is 2.01. The number of nitrogens with zero attached hydrogens (tertiary/aromatic N) is 2. The monoisotopic (exact) mass is 164 g/mol. The van der Waals surface area contributed by atoms with Crippen molar-refractivity contribution in [1.29, 1.82) is 0 Å². The van der Waals surface area contributed by atoms with Crippen LogP contribution in [0.3, 0.4) is 0 Å². The molecule has 2 heterocycles. The van der Waals surface area contributed by atoms with Gasteiger partial charge in [0.25, 0.3) is 11.1 Å². The Labute approximate surface area is 65.3 Å². The third-order valence-electron chi connectivity index (χ3n) is 1.47. The molecule has 0 fully saturated rings. The average Bonchev–Trinajstić information content (AvgIpc) is 2.12. The summed E-state index contributed by atoms with van der Waals surface area (Å²) in [5, 5.41) is 11.6. The lowest BCUT2D eigenvalue weighted by Crippen LogP contribution is -2.20. The van der Waals surface area contributed by atoms with Gasteiger partial charge in [-0.25, -0.2) is 0 Å². The van der Waals surface area contributed by atoms with Crippen molar-refractivity contribution in [2.45, 2.75) is 0 Å². The van der Waals surface area contributed by atoms with Gasteiger partial charge in [0.15, 0.2) is 5.52 Å². The van der Waals surface area contributed by atoms with Crippen molar-refractivity contribution in [3.63, 3.8) is 0 Å². The summed E-state index contributed by atoms with van der Waals surface area (Å²) in [5.74, 6) is 0. The van der Waals surface area contributed by atoms with E-state index in [0.29, 0.717) is 0 Å². The number of aromatic nitrogens is 4. The summed E-state index contributed by atoms with van der Waals surface area (Å²) in [4.78, 5) is 22.0. The molecular formula is C6H4N4O2. The highest BCUT2D eigenvalue weighted by atomic mass is 16.1. The van der Waals surface area contributed by atoms with E-state index in [0.717, 1.165) is 0 Å². The quantitative estimate of drug-likeness (QED) is 0.522. The maximum atomic E-state index is 11.0. The number of hydrogen-bond acceptors (Lipinski definition) is 4. The van der Waals surface area contributed by atoms with Gasteiger partial charge in [0, 0.05) is 0 Å². The third-order valence-corrected chi connectivity index (χ3v) is 1.47. The molecule has 2 N–H and O–H groups in total. The van der Waals surface area contributed by atoms with Crippen LogP contribution in [0.4, 0.5) is 0 Å². The Hall–Kier alpha value is -1.98. The molecule has 60 valence electrons. The third kappa shape index (κ3) is 0.815. The van der Waals surface area contributed by atoms with Crippen molar-refractivity contribution < 1.29 is 0 Å². The van der Waals surface area contributed by atoms with Gasteiger partial charge in [0.05, 0.1) is 11.6 Å². The molecule has 12 heavy (non-hydrogen) atoms. The second-order valence-electron chi connectivity index (χ2n) is 2.20. The molecule has 0 aliphatic heterocycles. The van der Waals surface area contributed by atoms with Gasteiger partial charge in [0.2, 0.25) is 0 Å². The second kappa shape index (κ2) is 2.26. The van der Waals surface area contributed by atoms with Crippen molar-refractivity contribution in [2.24, 2.45) is 0 Å². The zero-order valence-electron chi connectivity index (χ0n) is 5.87. The zero-order chi connectivity index (χ0) is 8.55. The predicted molar refractivity (Wildman–Crippen MR) is 40.8 cm³/mol. The molecule has 0 aliphatic rings. The molecule has 6 nitrogen and oxygen atoms in total. The Balaban J connectivity index is 3.16. The molecule has 0 atom stereocenters. The van der Waals surface area contributed by atoms with Crippen molar-refractivity contribution >= 4 is 10.9 Å². The smallest absolute Gasteiger partial charge is 0.267 e. The minimum Gasteiger partial charge on any atom is -0.267 e. The van der Waals surface area contributed by atoms with Gasteiger partial charge in [-0.1, -0.05) is 0 Å². The molecule has 2 aromatic heterocycles. The van der Waals surface area contributed by atoms with E-state index >= 15 is 0 Å². The molecule has 0 aromatic carbocycles. The van der Waals surface area contributed by atoms with E-state index in [-0.39, 0.29) is 16.5 Å². The first-order valence-corrected chi connectivity index (χ1v) is 3.21. The van der Waals surface area contributed by atoms with Gasteiger partial charge in [0.1, 0.15) is 0 Å². The minimum absolute atomic E-state index is 0.0567. The molecule has 0 spiro atoms. The average molecular weight is 164 g/mol. The SMILES string of the molecule is O=c1[nH][nH]c(=O)c2nnccc12. The number of hydrogen-bond donors (Lipinski definition) is 2. The van der Waals surface area contributed by atoms with Gasteiger partial charge in [-0.2, -0.15) is 5.10 Å². The van der Waals surface area contributed by atoms with Crippen LogP contribution in [-0.2, 0) is 0 Å². The molecule has 0 aliphatic carbocycles. The predicted octanol–water partition coefficient (Wildman–Crippen LogP) is -0.994. The van der Waals surface area contributed by atoms with Gasteiger partial charge in [-0.3, -0.25) is 19.8 Å². The van der Waals surface area contributed by atoms with E-state index in [1.807, 2.05) is 0 Å². The van der Waals surface area contributed by atoms with Crippen molar-refractivity contribution in [3.05, 3.63) is 33.0 Å². The maximum absolute atomic E-state index is 11.0. The molecule has 0 saturated carbocycles. The maximum Gasteiger partial charge on any atom is 0.291 e. The normalized spacial score (nSPS) is 10.3. The summed E-state index contributed by atoms with van der Waals surface area (Å²) < 4.78 is 0. The number of aromatic amines is 2. The van der Waals surface area contributed by atoms with Crippen LogP contribution in [0.5, 0.6) is 0 Å². The zero-order valence-corrected chi connectivity index (χ0v) is 5.87. The molecule has 0 amide bonds.